The van der Waals surface area contributed by atoms with E-state index in [9.17, 15) is 14.4 Å². The molecule has 56 heavy (non-hydrogen) atoms. The van der Waals surface area contributed by atoms with Crippen LogP contribution in [0.15, 0.2) is 131 Å². The Bertz CT molecular complexity index is 2290. The normalized spacial score (nSPS) is 11.9. The minimum atomic E-state index is -0.936. The van der Waals surface area contributed by atoms with Gasteiger partial charge in [0, 0.05) is 58.9 Å². The van der Waals surface area contributed by atoms with E-state index in [0.29, 0.717) is 41.3 Å². The van der Waals surface area contributed by atoms with Crippen LogP contribution in [0.2, 0.25) is 0 Å². The maximum absolute atomic E-state index is 14.1. The second-order valence-corrected chi connectivity index (χ2v) is 14.4. The molecular formula is C44H47BrN8O3. The highest BCUT2D eigenvalue weighted by molar-refractivity contribution is 9.10. The number of carbonyl (C=O) groups is 3. The molecule has 6 aromatic rings. The number of hydrogen-bond donors (Lipinski definition) is 7. The number of nitrogens with zero attached hydrogens (tertiary/aromatic N) is 1. The number of para-hydroxylation sites is 2. The summed E-state index contributed by atoms with van der Waals surface area (Å²) in [5.41, 5.74) is 9.33. The van der Waals surface area contributed by atoms with Crippen molar-refractivity contribution in [3.05, 3.63) is 143 Å². The van der Waals surface area contributed by atoms with Crippen molar-refractivity contribution in [1.82, 2.24) is 20.9 Å². The van der Waals surface area contributed by atoms with Crippen molar-refractivity contribution >= 4 is 72.7 Å². The zero-order valence-corrected chi connectivity index (χ0v) is 32.7. The molecule has 0 bridgehead atoms. The standard InChI is InChI=1S/C44H47BrN8O3/c45-34-20-21-39(52-41(54)32-19-18-30-12-6-7-13-31(30)26-32)37(28-34)42(55)53-40(27-33-29-50-38-17-9-8-16-36(33)38)43(56)47-24-25-49-44(48-23-11-2-1-10-22-46)51-35-14-4-3-5-15-35/h3-9,12-21,26,28-29,40,50H,1-2,10-11,22-25,27,46H2,(H,47,56)(H,52,54)(H,53,55)(H2,48,49,51)/t40-/m0/s1. The number of carbonyl (C=O) groups excluding carboxylic acids is 3. The number of H-pyrrole nitrogens is 1. The van der Waals surface area contributed by atoms with Gasteiger partial charge in [-0.2, -0.15) is 0 Å². The van der Waals surface area contributed by atoms with Gasteiger partial charge in [0.25, 0.3) is 11.8 Å². The molecule has 0 spiro atoms. The summed E-state index contributed by atoms with van der Waals surface area (Å²) in [6.45, 7) is 2.01. The van der Waals surface area contributed by atoms with E-state index in [0.717, 1.165) is 58.6 Å². The van der Waals surface area contributed by atoms with Crippen LogP contribution >= 0.6 is 15.9 Å². The molecule has 0 aliphatic rings. The predicted molar refractivity (Wildman–Crippen MR) is 230 cm³/mol. The van der Waals surface area contributed by atoms with Crippen LogP contribution in [0.4, 0.5) is 11.4 Å². The molecule has 0 unspecified atom stereocenters. The molecule has 288 valence electrons. The Kier molecular flexibility index (Phi) is 14.2. The lowest BCUT2D eigenvalue weighted by Crippen LogP contribution is -2.49. The highest BCUT2D eigenvalue weighted by Crippen LogP contribution is 2.24. The molecule has 0 saturated heterocycles. The first-order valence-electron chi connectivity index (χ1n) is 18.9. The summed E-state index contributed by atoms with van der Waals surface area (Å²) in [5.74, 6) is -0.604. The maximum Gasteiger partial charge on any atom is 0.255 e. The van der Waals surface area contributed by atoms with Crippen molar-refractivity contribution < 1.29 is 14.4 Å². The molecule has 0 fully saturated rings. The molecule has 6 rings (SSSR count). The number of anilines is 2. The van der Waals surface area contributed by atoms with E-state index in [2.05, 4.69) is 47.5 Å². The number of hydrogen-bond acceptors (Lipinski definition) is 5. The summed E-state index contributed by atoms with van der Waals surface area (Å²) >= 11 is 3.48. The van der Waals surface area contributed by atoms with Crippen LogP contribution < -0.4 is 32.3 Å². The smallest absolute Gasteiger partial charge is 0.255 e. The van der Waals surface area contributed by atoms with Crippen LogP contribution in [-0.2, 0) is 11.2 Å². The van der Waals surface area contributed by atoms with Gasteiger partial charge < -0.3 is 37.3 Å². The van der Waals surface area contributed by atoms with Crippen molar-refractivity contribution in [3.8, 4) is 0 Å². The SMILES string of the molecule is NCCCCCCN=C(NCCNC(=O)[C@H](Cc1c[nH]c2ccccc12)NC(=O)c1cc(Br)ccc1NC(=O)c1ccc2ccccc2c1)Nc1ccccc1. The molecule has 0 aliphatic carbocycles. The van der Waals surface area contributed by atoms with Crippen molar-refractivity contribution in [3.63, 3.8) is 0 Å². The van der Waals surface area contributed by atoms with Gasteiger partial charge in [-0.05, 0) is 84.3 Å². The number of aromatic nitrogens is 1. The number of unbranched alkanes of at least 4 members (excludes halogenated alkanes) is 3. The Morgan fingerprint density at radius 3 is 2.32 bits per heavy atom. The second-order valence-electron chi connectivity index (χ2n) is 13.4. The van der Waals surface area contributed by atoms with Crippen LogP contribution in [0.1, 0.15) is 52.0 Å². The molecule has 12 heteroatoms. The van der Waals surface area contributed by atoms with Crippen LogP contribution in [0, 0.1) is 0 Å². The number of aliphatic imine (C=N–C) groups is 1. The van der Waals surface area contributed by atoms with E-state index in [1.807, 2.05) is 97.2 Å². The summed E-state index contributed by atoms with van der Waals surface area (Å²) in [7, 11) is 0. The molecule has 0 radical (unpaired) electrons. The fourth-order valence-electron chi connectivity index (χ4n) is 6.39. The zero-order valence-electron chi connectivity index (χ0n) is 31.1. The number of nitrogens with two attached hydrogens (primary N) is 1. The first kappa shape index (κ1) is 39.7. The fourth-order valence-corrected chi connectivity index (χ4v) is 6.75. The van der Waals surface area contributed by atoms with Gasteiger partial charge in [-0.15, -0.1) is 0 Å². The van der Waals surface area contributed by atoms with E-state index in [1.54, 1.807) is 24.3 Å². The Balaban J connectivity index is 1.15. The average Bonchev–Trinajstić information content (AvgIpc) is 3.63. The lowest BCUT2D eigenvalue weighted by molar-refractivity contribution is -0.122. The van der Waals surface area contributed by atoms with Crippen LogP contribution in [0.25, 0.3) is 21.7 Å². The molecule has 3 amide bonds. The van der Waals surface area contributed by atoms with Crippen molar-refractivity contribution in [2.75, 3.05) is 36.8 Å². The summed E-state index contributed by atoms with van der Waals surface area (Å²) in [6, 6.07) is 35.0. The maximum atomic E-state index is 14.1. The average molecular weight is 816 g/mol. The molecular weight excluding hydrogens is 768 g/mol. The number of fused-ring (bicyclic) bond motifs is 2. The number of nitrogens with one attached hydrogen (secondary N) is 6. The zero-order chi connectivity index (χ0) is 39.1. The Hall–Kier alpha value is -5.98. The van der Waals surface area contributed by atoms with E-state index < -0.39 is 11.9 Å². The molecule has 11 nitrogen and oxygen atoms in total. The predicted octanol–water partition coefficient (Wildman–Crippen LogP) is 7.37. The summed E-state index contributed by atoms with van der Waals surface area (Å²) in [6.07, 6.45) is 6.17. The van der Waals surface area contributed by atoms with Crippen LogP contribution in [0.3, 0.4) is 0 Å². The van der Waals surface area contributed by atoms with E-state index >= 15 is 0 Å². The molecule has 8 N–H and O–H groups in total. The van der Waals surface area contributed by atoms with Crippen molar-refractivity contribution in [2.24, 2.45) is 10.7 Å². The van der Waals surface area contributed by atoms with Crippen molar-refractivity contribution in [2.45, 2.75) is 38.1 Å². The molecule has 1 atom stereocenters. The summed E-state index contributed by atoms with van der Waals surface area (Å²) in [4.78, 5) is 49.5. The first-order chi connectivity index (χ1) is 27.4. The number of guanidine groups is 1. The number of halogens is 1. The first-order valence-corrected chi connectivity index (χ1v) is 19.7. The van der Waals surface area contributed by atoms with Gasteiger partial charge in [-0.1, -0.05) is 95.5 Å². The monoisotopic (exact) mass is 814 g/mol. The van der Waals surface area contributed by atoms with Gasteiger partial charge in [0.2, 0.25) is 5.91 Å². The van der Waals surface area contributed by atoms with Crippen LogP contribution in [0.5, 0.6) is 0 Å². The molecule has 0 saturated carbocycles. The van der Waals surface area contributed by atoms with Gasteiger partial charge in [0.1, 0.15) is 6.04 Å². The quantitative estimate of drug-likeness (QED) is 0.0289. The third-order valence-corrected chi connectivity index (χ3v) is 9.84. The fraction of sp³-hybridized carbons (Fsp3) is 0.227. The van der Waals surface area contributed by atoms with Crippen LogP contribution in [-0.4, -0.2) is 60.9 Å². The van der Waals surface area contributed by atoms with E-state index in [4.69, 9.17) is 10.7 Å². The number of benzene rings is 5. The minimum absolute atomic E-state index is 0.211. The minimum Gasteiger partial charge on any atom is -0.361 e. The van der Waals surface area contributed by atoms with E-state index in [1.165, 1.54) is 0 Å². The van der Waals surface area contributed by atoms with Gasteiger partial charge in [-0.25, -0.2) is 0 Å². The summed E-state index contributed by atoms with van der Waals surface area (Å²) < 4.78 is 0.646. The largest absolute Gasteiger partial charge is 0.361 e. The number of aromatic amines is 1. The third-order valence-electron chi connectivity index (χ3n) is 9.34. The second kappa shape index (κ2) is 20.1. The lowest BCUT2D eigenvalue weighted by Gasteiger charge is -2.20. The van der Waals surface area contributed by atoms with Gasteiger partial charge in [0.15, 0.2) is 5.96 Å². The highest BCUT2D eigenvalue weighted by Gasteiger charge is 2.25. The van der Waals surface area contributed by atoms with Crippen molar-refractivity contribution in [1.29, 1.82) is 0 Å². The lowest BCUT2D eigenvalue weighted by atomic mass is 10.0. The van der Waals surface area contributed by atoms with E-state index in [-0.39, 0.29) is 30.3 Å². The number of rotatable bonds is 17. The Morgan fingerprint density at radius 1 is 0.732 bits per heavy atom. The third kappa shape index (κ3) is 11.0. The topological polar surface area (TPSA) is 166 Å². The Morgan fingerprint density at radius 2 is 1.48 bits per heavy atom. The summed E-state index contributed by atoms with van der Waals surface area (Å²) in [5, 5.41) is 18.5. The number of amides is 3. The highest BCUT2D eigenvalue weighted by atomic mass is 79.9. The molecule has 5 aromatic carbocycles. The van der Waals surface area contributed by atoms with Gasteiger partial charge >= 0.3 is 0 Å². The van der Waals surface area contributed by atoms with Gasteiger partial charge in [-0.3, -0.25) is 19.4 Å². The van der Waals surface area contributed by atoms with Gasteiger partial charge in [0.05, 0.1) is 11.3 Å². The Labute approximate surface area is 335 Å². The molecule has 1 aromatic heterocycles. The molecule has 0 aliphatic heterocycles. The molecule has 1 heterocycles.